The van der Waals surface area contributed by atoms with Gasteiger partial charge in [0.15, 0.2) is 0 Å². The third-order valence-corrected chi connectivity index (χ3v) is 4.14. The maximum atomic E-state index is 13.6. The molecule has 1 fully saturated rings. The van der Waals surface area contributed by atoms with Crippen molar-refractivity contribution in [2.24, 2.45) is 0 Å². The topological polar surface area (TPSA) is 61.9 Å². The molecule has 1 heterocycles. The van der Waals surface area contributed by atoms with Crippen molar-refractivity contribution in [3.05, 3.63) is 35.4 Å². The summed E-state index contributed by atoms with van der Waals surface area (Å²) < 4.78 is 31.8. The Morgan fingerprint density at radius 3 is 2.41 bits per heavy atom. The largest absolute Gasteiger partial charge is 0.444 e. The van der Waals surface area contributed by atoms with E-state index in [0.717, 1.165) is 31.8 Å². The van der Waals surface area contributed by atoms with Gasteiger partial charge in [-0.2, -0.15) is 0 Å². The van der Waals surface area contributed by atoms with E-state index in [0.29, 0.717) is 32.1 Å². The van der Waals surface area contributed by atoms with Gasteiger partial charge in [-0.3, -0.25) is 9.69 Å². The van der Waals surface area contributed by atoms with Crippen LogP contribution in [0.3, 0.4) is 0 Å². The summed E-state index contributed by atoms with van der Waals surface area (Å²) >= 11 is 0. The molecule has 0 bridgehead atoms. The first kappa shape index (κ1) is 21.1. The van der Waals surface area contributed by atoms with Crippen LogP contribution in [0.4, 0.5) is 13.6 Å². The van der Waals surface area contributed by atoms with Gasteiger partial charge in [0.05, 0.1) is 5.56 Å². The number of rotatable bonds is 5. The number of benzene rings is 1. The van der Waals surface area contributed by atoms with Crippen LogP contribution in [0.2, 0.25) is 0 Å². The number of nitrogens with zero attached hydrogens (tertiary/aromatic N) is 2. The summed E-state index contributed by atoms with van der Waals surface area (Å²) in [6.45, 7) is 9.34. The second kappa shape index (κ2) is 9.12. The molecule has 0 spiro atoms. The van der Waals surface area contributed by atoms with Gasteiger partial charge < -0.3 is 15.0 Å². The molecule has 1 aliphatic rings. The Morgan fingerprint density at radius 2 is 1.81 bits per heavy atom. The van der Waals surface area contributed by atoms with Crippen molar-refractivity contribution in [3.63, 3.8) is 0 Å². The molecular weight excluding hydrogens is 356 g/mol. The van der Waals surface area contributed by atoms with E-state index in [2.05, 4.69) is 10.2 Å². The summed E-state index contributed by atoms with van der Waals surface area (Å²) in [6, 6.07) is 2.89. The molecule has 2 amide bonds. The van der Waals surface area contributed by atoms with Crippen LogP contribution >= 0.6 is 0 Å². The molecule has 0 unspecified atom stereocenters. The van der Waals surface area contributed by atoms with Crippen molar-refractivity contribution < 1.29 is 23.1 Å². The maximum Gasteiger partial charge on any atom is 0.410 e. The second-order valence-electron chi connectivity index (χ2n) is 7.54. The van der Waals surface area contributed by atoms with E-state index in [1.807, 2.05) is 20.8 Å². The van der Waals surface area contributed by atoms with Crippen molar-refractivity contribution >= 4 is 12.0 Å². The lowest BCUT2D eigenvalue weighted by molar-refractivity contribution is 0.0144. The first-order chi connectivity index (χ1) is 12.7. The highest BCUT2D eigenvalue weighted by atomic mass is 19.1. The lowest BCUT2D eigenvalue weighted by atomic mass is 10.2. The smallest absolute Gasteiger partial charge is 0.410 e. The van der Waals surface area contributed by atoms with E-state index in [-0.39, 0.29) is 11.7 Å². The average molecular weight is 383 g/mol. The average Bonchev–Trinajstić information content (AvgIpc) is 2.57. The lowest BCUT2D eigenvalue weighted by Crippen LogP contribution is -2.50. The molecule has 2 rings (SSSR count). The fraction of sp³-hybridized carbons (Fsp3) is 0.579. The van der Waals surface area contributed by atoms with E-state index in [4.69, 9.17) is 4.74 Å². The molecule has 0 radical (unpaired) electrons. The highest BCUT2D eigenvalue weighted by molar-refractivity contribution is 5.94. The van der Waals surface area contributed by atoms with Crippen LogP contribution in [-0.2, 0) is 4.74 Å². The number of halogens is 2. The van der Waals surface area contributed by atoms with E-state index >= 15 is 0 Å². The molecular formula is C19H27F2N3O3. The quantitative estimate of drug-likeness (QED) is 0.794. The standard InChI is InChI=1S/C19H27F2N3O3/c1-19(2,3)27-18(26)24-11-9-23(10-12-24)8-4-7-22-17(25)15-6-5-14(20)13-16(15)21/h5-6,13H,4,7-12H2,1-3H3,(H,22,25). The van der Waals surface area contributed by atoms with Gasteiger partial charge >= 0.3 is 6.09 Å². The first-order valence-electron chi connectivity index (χ1n) is 9.09. The fourth-order valence-corrected chi connectivity index (χ4v) is 2.75. The monoisotopic (exact) mass is 383 g/mol. The summed E-state index contributed by atoms with van der Waals surface area (Å²) in [5.74, 6) is -2.14. The van der Waals surface area contributed by atoms with Crippen LogP contribution in [0, 0.1) is 11.6 Å². The summed E-state index contributed by atoms with van der Waals surface area (Å²) in [7, 11) is 0. The zero-order chi connectivity index (χ0) is 20.0. The van der Waals surface area contributed by atoms with Crippen molar-refractivity contribution in [2.75, 3.05) is 39.3 Å². The second-order valence-corrected chi connectivity index (χ2v) is 7.54. The Hall–Kier alpha value is -2.22. The molecule has 0 aliphatic carbocycles. The van der Waals surface area contributed by atoms with Crippen LogP contribution in [0.15, 0.2) is 18.2 Å². The van der Waals surface area contributed by atoms with Crippen LogP contribution in [-0.4, -0.2) is 66.7 Å². The first-order valence-corrected chi connectivity index (χ1v) is 9.09. The normalized spacial score (nSPS) is 15.5. The summed E-state index contributed by atoms with van der Waals surface area (Å²) in [5, 5.41) is 2.64. The minimum atomic E-state index is -0.870. The number of carbonyl (C=O) groups excluding carboxylic acids is 2. The Kier molecular flexibility index (Phi) is 7.12. The molecule has 8 heteroatoms. The molecule has 1 aromatic rings. The zero-order valence-electron chi connectivity index (χ0n) is 16.1. The number of carbonyl (C=O) groups is 2. The molecule has 27 heavy (non-hydrogen) atoms. The van der Waals surface area contributed by atoms with Gasteiger partial charge in [-0.05, 0) is 45.9 Å². The van der Waals surface area contributed by atoms with Crippen molar-refractivity contribution in [3.8, 4) is 0 Å². The Labute approximate surface area is 158 Å². The minimum Gasteiger partial charge on any atom is -0.444 e. The zero-order valence-corrected chi connectivity index (χ0v) is 16.1. The number of amides is 2. The Bertz CT molecular complexity index is 669. The number of piperazine rings is 1. The fourth-order valence-electron chi connectivity index (χ4n) is 2.75. The highest BCUT2D eigenvalue weighted by Crippen LogP contribution is 2.12. The van der Waals surface area contributed by atoms with Gasteiger partial charge in [-0.25, -0.2) is 13.6 Å². The molecule has 1 saturated heterocycles. The molecule has 0 saturated carbocycles. The number of ether oxygens (including phenoxy) is 1. The van der Waals surface area contributed by atoms with Crippen LogP contribution < -0.4 is 5.32 Å². The van der Waals surface area contributed by atoms with Crippen molar-refractivity contribution in [1.29, 1.82) is 0 Å². The van der Waals surface area contributed by atoms with Gasteiger partial charge in [0.2, 0.25) is 0 Å². The highest BCUT2D eigenvalue weighted by Gasteiger charge is 2.25. The Morgan fingerprint density at radius 1 is 1.15 bits per heavy atom. The minimum absolute atomic E-state index is 0.164. The SMILES string of the molecule is CC(C)(C)OC(=O)N1CCN(CCCNC(=O)c2ccc(F)cc2F)CC1. The Balaban J connectivity index is 1.66. The summed E-state index contributed by atoms with van der Waals surface area (Å²) in [4.78, 5) is 27.8. The van der Waals surface area contributed by atoms with Gasteiger partial charge in [0.25, 0.3) is 5.91 Å². The molecule has 0 atom stereocenters. The molecule has 6 nitrogen and oxygen atoms in total. The lowest BCUT2D eigenvalue weighted by Gasteiger charge is -2.35. The number of nitrogens with one attached hydrogen (secondary N) is 1. The predicted octanol–water partition coefficient (Wildman–Crippen LogP) is 2.64. The van der Waals surface area contributed by atoms with Crippen molar-refractivity contribution in [1.82, 2.24) is 15.1 Å². The van der Waals surface area contributed by atoms with Crippen LogP contribution in [0.1, 0.15) is 37.6 Å². The van der Waals surface area contributed by atoms with Crippen LogP contribution in [0.5, 0.6) is 0 Å². The molecule has 150 valence electrons. The molecule has 1 N–H and O–H groups in total. The number of hydrogen-bond acceptors (Lipinski definition) is 4. The van der Waals surface area contributed by atoms with Gasteiger partial charge in [-0.1, -0.05) is 0 Å². The summed E-state index contributed by atoms with van der Waals surface area (Å²) in [5.41, 5.74) is -0.668. The van der Waals surface area contributed by atoms with E-state index in [9.17, 15) is 18.4 Å². The molecule has 0 aromatic heterocycles. The summed E-state index contributed by atoms with van der Waals surface area (Å²) in [6.07, 6.45) is 0.400. The van der Waals surface area contributed by atoms with E-state index < -0.39 is 23.1 Å². The van der Waals surface area contributed by atoms with E-state index in [1.165, 1.54) is 0 Å². The third kappa shape index (κ3) is 6.78. The third-order valence-electron chi connectivity index (χ3n) is 4.14. The predicted molar refractivity (Wildman–Crippen MR) is 97.6 cm³/mol. The maximum absolute atomic E-state index is 13.6. The van der Waals surface area contributed by atoms with Gasteiger partial charge in [-0.15, -0.1) is 0 Å². The molecule has 1 aliphatic heterocycles. The number of hydrogen-bond donors (Lipinski definition) is 1. The van der Waals surface area contributed by atoms with Gasteiger partial charge in [0, 0.05) is 38.8 Å². The van der Waals surface area contributed by atoms with E-state index in [1.54, 1.807) is 4.90 Å². The van der Waals surface area contributed by atoms with Crippen molar-refractivity contribution in [2.45, 2.75) is 32.8 Å². The van der Waals surface area contributed by atoms with Crippen LogP contribution in [0.25, 0.3) is 0 Å². The molecule has 1 aromatic carbocycles. The van der Waals surface area contributed by atoms with Gasteiger partial charge in [0.1, 0.15) is 17.2 Å².